The number of aromatic carboxylic acids is 1. The van der Waals surface area contributed by atoms with Gasteiger partial charge in [-0.15, -0.1) is 0 Å². The molecule has 1 N–H and O–H groups in total. The Bertz CT molecular complexity index is 487. The van der Waals surface area contributed by atoms with Crippen LogP contribution < -0.4 is 0 Å². The molecule has 0 aliphatic rings. The molecule has 0 unspecified atom stereocenters. The van der Waals surface area contributed by atoms with Gasteiger partial charge in [0.05, 0.1) is 11.1 Å². The Balaban J connectivity index is 2.50. The fourth-order valence-electron chi connectivity index (χ4n) is 1.84. The summed E-state index contributed by atoms with van der Waals surface area (Å²) in [5.74, 6) is -1.57. The molecule has 0 spiro atoms. The van der Waals surface area contributed by atoms with Gasteiger partial charge in [0.25, 0.3) is 0 Å². The highest BCUT2D eigenvalue weighted by atomic mass is 16.7. The predicted octanol–water partition coefficient (Wildman–Crippen LogP) is 3.50. The third-order valence-corrected chi connectivity index (χ3v) is 3.32. The standard InChI is InChI=1S/C18H26O6/c1-3-5-11-22-16(23-12-6-4-2)13-24-18(21)15-9-7-14(8-10-15)17(19)20/h7-10,16H,3-6,11-13H2,1-2H3,(H,19,20). The quantitative estimate of drug-likeness (QED) is 0.357. The first kappa shape index (κ1) is 20.1. The molecule has 1 aromatic rings. The average molecular weight is 338 g/mol. The van der Waals surface area contributed by atoms with E-state index in [1.165, 1.54) is 24.3 Å². The van der Waals surface area contributed by atoms with E-state index >= 15 is 0 Å². The van der Waals surface area contributed by atoms with Crippen molar-refractivity contribution in [2.75, 3.05) is 19.8 Å². The second kappa shape index (κ2) is 11.6. The molecule has 134 valence electrons. The van der Waals surface area contributed by atoms with E-state index in [0.29, 0.717) is 18.8 Å². The molecule has 0 heterocycles. The highest BCUT2D eigenvalue weighted by Crippen LogP contribution is 2.08. The van der Waals surface area contributed by atoms with Crippen LogP contribution in [0.3, 0.4) is 0 Å². The van der Waals surface area contributed by atoms with Crippen LogP contribution in [0.4, 0.5) is 0 Å². The first-order valence-corrected chi connectivity index (χ1v) is 8.32. The maximum atomic E-state index is 12.0. The molecule has 0 aliphatic carbocycles. The van der Waals surface area contributed by atoms with Crippen molar-refractivity contribution < 1.29 is 28.9 Å². The number of ether oxygens (including phenoxy) is 3. The van der Waals surface area contributed by atoms with Crippen LogP contribution in [0, 0.1) is 0 Å². The highest BCUT2D eigenvalue weighted by molar-refractivity contribution is 5.92. The fourth-order valence-corrected chi connectivity index (χ4v) is 1.84. The molecule has 0 radical (unpaired) electrons. The van der Waals surface area contributed by atoms with Gasteiger partial charge in [-0.1, -0.05) is 26.7 Å². The van der Waals surface area contributed by atoms with E-state index in [9.17, 15) is 9.59 Å². The highest BCUT2D eigenvalue weighted by Gasteiger charge is 2.15. The van der Waals surface area contributed by atoms with Crippen LogP contribution in [0.1, 0.15) is 60.2 Å². The van der Waals surface area contributed by atoms with Gasteiger partial charge in [-0.2, -0.15) is 0 Å². The minimum atomic E-state index is -1.04. The normalized spacial score (nSPS) is 10.8. The molecule has 1 aromatic carbocycles. The number of esters is 1. The Morgan fingerprint density at radius 2 is 1.46 bits per heavy atom. The van der Waals surface area contributed by atoms with E-state index in [4.69, 9.17) is 19.3 Å². The summed E-state index contributed by atoms with van der Waals surface area (Å²) >= 11 is 0. The Hall–Kier alpha value is -1.92. The number of hydrogen-bond donors (Lipinski definition) is 1. The van der Waals surface area contributed by atoms with E-state index < -0.39 is 18.2 Å². The monoisotopic (exact) mass is 338 g/mol. The van der Waals surface area contributed by atoms with Gasteiger partial charge >= 0.3 is 11.9 Å². The van der Waals surface area contributed by atoms with Gasteiger partial charge in [0, 0.05) is 13.2 Å². The maximum absolute atomic E-state index is 12.0. The summed E-state index contributed by atoms with van der Waals surface area (Å²) in [7, 11) is 0. The van der Waals surface area contributed by atoms with Gasteiger partial charge in [0.1, 0.15) is 6.61 Å². The molecule has 0 aliphatic heterocycles. The lowest BCUT2D eigenvalue weighted by atomic mass is 10.1. The molecule has 0 fully saturated rings. The second-order valence-corrected chi connectivity index (χ2v) is 5.36. The second-order valence-electron chi connectivity index (χ2n) is 5.36. The Kier molecular flexibility index (Phi) is 9.72. The zero-order valence-corrected chi connectivity index (χ0v) is 14.3. The van der Waals surface area contributed by atoms with E-state index in [-0.39, 0.29) is 12.2 Å². The number of hydrogen-bond acceptors (Lipinski definition) is 5. The van der Waals surface area contributed by atoms with Gasteiger partial charge in [0.15, 0.2) is 6.29 Å². The van der Waals surface area contributed by atoms with Crippen molar-refractivity contribution >= 4 is 11.9 Å². The smallest absolute Gasteiger partial charge is 0.338 e. The molecule has 24 heavy (non-hydrogen) atoms. The molecular weight excluding hydrogens is 312 g/mol. The lowest BCUT2D eigenvalue weighted by molar-refractivity contribution is -0.164. The lowest BCUT2D eigenvalue weighted by Gasteiger charge is -2.18. The molecule has 0 saturated heterocycles. The van der Waals surface area contributed by atoms with Crippen LogP contribution in [0.2, 0.25) is 0 Å². The van der Waals surface area contributed by atoms with E-state index in [2.05, 4.69) is 13.8 Å². The predicted molar refractivity (Wildman–Crippen MR) is 89.2 cm³/mol. The summed E-state index contributed by atoms with van der Waals surface area (Å²) in [6.07, 6.45) is 3.27. The van der Waals surface area contributed by atoms with Crippen LogP contribution >= 0.6 is 0 Å². The number of benzene rings is 1. The molecule has 0 saturated carbocycles. The SMILES string of the molecule is CCCCOC(COC(=O)c1ccc(C(=O)O)cc1)OCCCC. The molecule has 0 aromatic heterocycles. The molecule has 1 rings (SSSR count). The Morgan fingerprint density at radius 1 is 0.958 bits per heavy atom. The van der Waals surface area contributed by atoms with Gasteiger partial charge < -0.3 is 19.3 Å². The third-order valence-electron chi connectivity index (χ3n) is 3.32. The van der Waals surface area contributed by atoms with Crippen LogP contribution in [0.5, 0.6) is 0 Å². The first-order valence-electron chi connectivity index (χ1n) is 8.32. The van der Waals surface area contributed by atoms with Crippen molar-refractivity contribution in [2.24, 2.45) is 0 Å². The maximum Gasteiger partial charge on any atom is 0.338 e. The number of carboxylic acid groups (broad SMARTS) is 1. The molecule has 0 amide bonds. The average Bonchev–Trinajstić information content (AvgIpc) is 2.59. The van der Waals surface area contributed by atoms with E-state index in [0.717, 1.165) is 25.7 Å². The third kappa shape index (κ3) is 7.57. The van der Waals surface area contributed by atoms with Gasteiger partial charge in [-0.3, -0.25) is 0 Å². The number of rotatable bonds is 12. The summed E-state index contributed by atoms with van der Waals surface area (Å²) < 4.78 is 16.4. The summed E-state index contributed by atoms with van der Waals surface area (Å²) in [4.78, 5) is 22.8. The van der Waals surface area contributed by atoms with Crippen molar-refractivity contribution in [3.63, 3.8) is 0 Å². The van der Waals surface area contributed by atoms with Crippen LogP contribution in [-0.2, 0) is 14.2 Å². The molecule has 0 bridgehead atoms. The topological polar surface area (TPSA) is 82.1 Å². The van der Waals surface area contributed by atoms with Crippen LogP contribution in [-0.4, -0.2) is 43.2 Å². The Morgan fingerprint density at radius 3 is 1.92 bits per heavy atom. The lowest BCUT2D eigenvalue weighted by Crippen LogP contribution is -2.26. The number of carboxylic acids is 1. The summed E-state index contributed by atoms with van der Waals surface area (Å²) in [5, 5.41) is 8.85. The largest absolute Gasteiger partial charge is 0.478 e. The Labute approximate surface area is 142 Å². The number of carbonyl (C=O) groups excluding carboxylic acids is 1. The van der Waals surface area contributed by atoms with Crippen molar-refractivity contribution in [3.8, 4) is 0 Å². The summed E-state index contributed by atoms with van der Waals surface area (Å²) in [6.45, 7) is 5.25. The fraction of sp³-hybridized carbons (Fsp3) is 0.556. The van der Waals surface area contributed by atoms with Crippen molar-refractivity contribution in [1.82, 2.24) is 0 Å². The zero-order chi connectivity index (χ0) is 17.8. The van der Waals surface area contributed by atoms with Crippen molar-refractivity contribution in [1.29, 1.82) is 0 Å². The molecule has 6 nitrogen and oxygen atoms in total. The van der Waals surface area contributed by atoms with Crippen molar-refractivity contribution in [2.45, 2.75) is 45.8 Å². The first-order chi connectivity index (χ1) is 11.6. The van der Waals surface area contributed by atoms with Gasteiger partial charge in [-0.05, 0) is 37.1 Å². The molecular formula is C18H26O6. The summed E-state index contributed by atoms with van der Waals surface area (Å²) in [6, 6.07) is 5.59. The summed E-state index contributed by atoms with van der Waals surface area (Å²) in [5.41, 5.74) is 0.413. The minimum absolute atomic E-state index is 0.00689. The number of carbonyl (C=O) groups is 2. The minimum Gasteiger partial charge on any atom is -0.478 e. The molecule has 0 atom stereocenters. The van der Waals surface area contributed by atoms with Gasteiger partial charge in [-0.25, -0.2) is 9.59 Å². The van der Waals surface area contributed by atoms with E-state index in [1.54, 1.807) is 0 Å². The van der Waals surface area contributed by atoms with E-state index in [1.807, 2.05) is 0 Å². The van der Waals surface area contributed by atoms with Crippen LogP contribution in [0.25, 0.3) is 0 Å². The van der Waals surface area contributed by atoms with Gasteiger partial charge in [0.2, 0.25) is 0 Å². The van der Waals surface area contributed by atoms with Crippen LogP contribution in [0.15, 0.2) is 24.3 Å². The number of unbranched alkanes of at least 4 members (excludes halogenated alkanes) is 2. The van der Waals surface area contributed by atoms with Crippen molar-refractivity contribution in [3.05, 3.63) is 35.4 Å². The molecule has 6 heteroatoms. The zero-order valence-electron chi connectivity index (χ0n) is 14.3.